The summed E-state index contributed by atoms with van der Waals surface area (Å²) in [5, 5.41) is 12.8. The fourth-order valence-corrected chi connectivity index (χ4v) is 3.90. The summed E-state index contributed by atoms with van der Waals surface area (Å²) in [5.41, 5.74) is 2.47. The fraction of sp³-hybridized carbons (Fsp3) is 0.273. The van der Waals surface area contributed by atoms with E-state index in [0.717, 1.165) is 26.2 Å². The minimum absolute atomic E-state index is 0.0156. The van der Waals surface area contributed by atoms with Gasteiger partial charge in [-0.25, -0.2) is 0 Å². The van der Waals surface area contributed by atoms with E-state index in [4.69, 9.17) is 5.11 Å². The van der Waals surface area contributed by atoms with Gasteiger partial charge >= 0.3 is 5.97 Å². The first-order chi connectivity index (χ1) is 12.7. The van der Waals surface area contributed by atoms with Gasteiger partial charge in [0.2, 0.25) is 0 Å². The lowest BCUT2D eigenvalue weighted by Gasteiger charge is -2.19. The number of aryl methyl sites for hydroxylation is 1. The Morgan fingerprint density at radius 3 is 2.56 bits per heavy atom. The van der Waals surface area contributed by atoms with Gasteiger partial charge in [0.1, 0.15) is 0 Å². The number of carboxylic acid groups (broad SMARTS) is 1. The van der Waals surface area contributed by atoms with Crippen LogP contribution in [0.1, 0.15) is 48.0 Å². The lowest BCUT2D eigenvalue weighted by molar-refractivity contribution is -0.136. The quantitative estimate of drug-likeness (QED) is 0.616. The molecule has 0 radical (unpaired) electrons. The maximum atomic E-state index is 12.6. The molecule has 2 aromatic carbocycles. The number of carbonyl (C=O) groups is 2. The minimum atomic E-state index is -0.794. The van der Waals surface area contributed by atoms with Crippen molar-refractivity contribution in [1.82, 2.24) is 0 Å². The molecule has 0 aliphatic rings. The molecule has 1 heterocycles. The van der Waals surface area contributed by atoms with Gasteiger partial charge in [0.05, 0.1) is 6.42 Å². The zero-order valence-corrected chi connectivity index (χ0v) is 16.5. The summed E-state index contributed by atoms with van der Waals surface area (Å²) in [5.74, 6) is -0.931. The van der Waals surface area contributed by atoms with E-state index in [1.807, 2.05) is 48.5 Å². The van der Waals surface area contributed by atoms with Gasteiger partial charge in [0.15, 0.2) is 0 Å². The van der Waals surface area contributed by atoms with E-state index in [9.17, 15) is 9.59 Å². The summed E-state index contributed by atoms with van der Waals surface area (Å²) in [6.45, 7) is 6.36. The van der Waals surface area contributed by atoms with Gasteiger partial charge in [-0.2, -0.15) is 0 Å². The number of aliphatic carboxylic acids is 1. The first-order valence-corrected chi connectivity index (χ1v) is 9.70. The van der Waals surface area contributed by atoms with Crippen molar-refractivity contribution >= 4 is 39.0 Å². The van der Waals surface area contributed by atoms with Crippen LogP contribution < -0.4 is 5.32 Å². The molecule has 1 amide bonds. The van der Waals surface area contributed by atoms with Crippen LogP contribution in [0.5, 0.6) is 0 Å². The Bertz CT molecular complexity index is 998. The fourth-order valence-electron chi connectivity index (χ4n) is 2.86. The number of amides is 1. The van der Waals surface area contributed by atoms with Gasteiger partial charge in [0, 0.05) is 20.8 Å². The Balaban J connectivity index is 1.78. The average molecular weight is 381 g/mol. The highest BCUT2D eigenvalue weighted by molar-refractivity contribution is 7.19. The minimum Gasteiger partial charge on any atom is -0.481 e. The van der Waals surface area contributed by atoms with Crippen molar-refractivity contribution < 1.29 is 14.7 Å². The van der Waals surface area contributed by atoms with Crippen LogP contribution in [0.15, 0.2) is 48.5 Å². The molecule has 0 aliphatic carbocycles. The highest BCUT2D eigenvalue weighted by atomic mass is 32.1. The molecule has 1 aromatic heterocycles. The first kappa shape index (κ1) is 19.1. The zero-order valence-electron chi connectivity index (χ0n) is 15.7. The maximum Gasteiger partial charge on any atom is 0.303 e. The molecule has 4 nitrogen and oxygen atoms in total. The third-order valence-electron chi connectivity index (χ3n) is 4.40. The smallest absolute Gasteiger partial charge is 0.303 e. The predicted molar refractivity (Wildman–Crippen MR) is 111 cm³/mol. The highest BCUT2D eigenvalue weighted by Crippen LogP contribution is 2.29. The van der Waals surface area contributed by atoms with Gasteiger partial charge in [0.25, 0.3) is 5.91 Å². The van der Waals surface area contributed by atoms with Crippen LogP contribution >= 0.6 is 11.3 Å². The second-order valence-corrected chi connectivity index (χ2v) is 8.81. The molecule has 0 saturated heterocycles. The molecule has 140 valence electrons. The van der Waals surface area contributed by atoms with Crippen molar-refractivity contribution in [2.75, 3.05) is 5.32 Å². The Kier molecular flexibility index (Phi) is 5.33. The topological polar surface area (TPSA) is 66.4 Å². The molecule has 0 spiro atoms. The summed E-state index contributed by atoms with van der Waals surface area (Å²) in [6.07, 6.45) is 0.649. The number of carbonyl (C=O) groups excluding carboxylic acids is 1. The van der Waals surface area contributed by atoms with E-state index < -0.39 is 5.97 Å². The number of carboxylic acids is 1. The van der Waals surface area contributed by atoms with Crippen molar-refractivity contribution in [3.05, 3.63) is 64.5 Å². The molecule has 27 heavy (non-hydrogen) atoms. The van der Waals surface area contributed by atoms with E-state index in [0.29, 0.717) is 12.0 Å². The monoisotopic (exact) mass is 381 g/mol. The van der Waals surface area contributed by atoms with Crippen molar-refractivity contribution in [2.45, 2.75) is 39.0 Å². The Morgan fingerprint density at radius 2 is 1.85 bits per heavy atom. The molecule has 0 saturated carbocycles. The predicted octanol–water partition coefficient (Wildman–Crippen LogP) is 5.47. The molecule has 2 N–H and O–H groups in total. The second-order valence-electron chi connectivity index (χ2n) is 7.64. The third kappa shape index (κ3) is 4.74. The largest absolute Gasteiger partial charge is 0.481 e. The van der Waals surface area contributed by atoms with Crippen molar-refractivity contribution in [3.63, 3.8) is 0 Å². The van der Waals surface area contributed by atoms with Crippen molar-refractivity contribution in [1.29, 1.82) is 0 Å². The molecule has 3 rings (SSSR count). The average Bonchev–Trinajstić information content (AvgIpc) is 3.01. The van der Waals surface area contributed by atoms with Crippen LogP contribution in [0.2, 0.25) is 0 Å². The molecular weight excluding hydrogens is 358 g/mol. The number of hydrogen-bond acceptors (Lipinski definition) is 3. The third-order valence-corrected chi connectivity index (χ3v) is 5.58. The number of hydrogen-bond donors (Lipinski definition) is 2. The lowest BCUT2D eigenvalue weighted by atomic mass is 9.86. The first-order valence-electron chi connectivity index (χ1n) is 8.88. The molecular formula is C22H23NO3S. The van der Waals surface area contributed by atoms with Crippen LogP contribution in [0, 0.1) is 0 Å². The van der Waals surface area contributed by atoms with Gasteiger partial charge < -0.3 is 10.4 Å². The normalized spacial score (nSPS) is 11.5. The molecule has 0 atom stereocenters. The number of thiophene rings is 1. The van der Waals surface area contributed by atoms with Crippen molar-refractivity contribution in [3.8, 4) is 0 Å². The maximum absolute atomic E-state index is 12.6. The van der Waals surface area contributed by atoms with E-state index >= 15 is 0 Å². The van der Waals surface area contributed by atoms with E-state index in [-0.39, 0.29) is 17.7 Å². The number of fused-ring (bicyclic) bond motifs is 1. The standard InChI is InChI=1S/C22H23NO3S/c1-22(2,3)16-6-4-5-14(11-16)21(26)23-17-7-9-19-15(12-17)13-18(27-19)8-10-20(24)25/h4-7,9,11-13H,8,10H2,1-3H3,(H,23,26)(H,24,25). The zero-order chi connectivity index (χ0) is 19.6. The number of benzene rings is 2. The highest BCUT2D eigenvalue weighted by Gasteiger charge is 2.16. The molecule has 0 fully saturated rings. The molecule has 5 heteroatoms. The van der Waals surface area contributed by atoms with Gasteiger partial charge in [-0.1, -0.05) is 32.9 Å². The summed E-state index contributed by atoms with van der Waals surface area (Å²) in [4.78, 5) is 24.4. The molecule has 0 bridgehead atoms. The number of rotatable bonds is 5. The van der Waals surface area contributed by atoms with Crippen LogP contribution in [0.25, 0.3) is 10.1 Å². The van der Waals surface area contributed by atoms with Gasteiger partial charge in [-0.15, -0.1) is 11.3 Å². The van der Waals surface area contributed by atoms with Crippen LogP contribution in [-0.4, -0.2) is 17.0 Å². The second kappa shape index (κ2) is 7.53. The van der Waals surface area contributed by atoms with Gasteiger partial charge in [-0.05, 0) is 59.2 Å². The summed E-state index contributed by atoms with van der Waals surface area (Å²) in [6, 6.07) is 15.5. The summed E-state index contributed by atoms with van der Waals surface area (Å²) >= 11 is 1.59. The summed E-state index contributed by atoms with van der Waals surface area (Å²) < 4.78 is 1.09. The molecule has 0 unspecified atom stereocenters. The van der Waals surface area contributed by atoms with Crippen LogP contribution in [0.3, 0.4) is 0 Å². The van der Waals surface area contributed by atoms with E-state index in [1.54, 1.807) is 11.3 Å². The van der Waals surface area contributed by atoms with Crippen LogP contribution in [0.4, 0.5) is 5.69 Å². The Morgan fingerprint density at radius 1 is 1.07 bits per heavy atom. The number of anilines is 1. The number of nitrogens with one attached hydrogen (secondary N) is 1. The SMILES string of the molecule is CC(C)(C)c1cccc(C(=O)Nc2ccc3sc(CCC(=O)O)cc3c2)c1. The molecule has 3 aromatic rings. The van der Waals surface area contributed by atoms with E-state index in [2.05, 4.69) is 26.1 Å². The lowest BCUT2D eigenvalue weighted by Crippen LogP contribution is -2.15. The Hall–Kier alpha value is -2.66. The Labute approximate surface area is 162 Å². The van der Waals surface area contributed by atoms with E-state index in [1.165, 1.54) is 0 Å². The molecule has 0 aliphatic heterocycles. The van der Waals surface area contributed by atoms with Crippen LogP contribution in [-0.2, 0) is 16.6 Å². The van der Waals surface area contributed by atoms with Gasteiger partial charge in [-0.3, -0.25) is 9.59 Å². The van der Waals surface area contributed by atoms with Crippen molar-refractivity contribution in [2.24, 2.45) is 0 Å². The summed E-state index contributed by atoms with van der Waals surface area (Å²) in [7, 11) is 0.